The van der Waals surface area contributed by atoms with Crippen molar-refractivity contribution >= 4 is 36.6 Å². The second kappa shape index (κ2) is 16.6. The van der Waals surface area contributed by atoms with Crippen LogP contribution in [0, 0.1) is 0 Å². The summed E-state index contributed by atoms with van der Waals surface area (Å²) in [6, 6.07) is 8.19. The number of carbonyl (C=O) groups excluding carboxylic acids is 4. The minimum atomic E-state index is -1.15. The fourth-order valence-corrected chi connectivity index (χ4v) is 4.37. The highest BCUT2D eigenvalue weighted by Crippen LogP contribution is 2.29. The summed E-state index contributed by atoms with van der Waals surface area (Å²) in [7, 11) is 0. The van der Waals surface area contributed by atoms with Crippen molar-refractivity contribution in [2.45, 2.75) is 83.8 Å². The molecule has 0 saturated carbocycles. The second-order valence-electron chi connectivity index (χ2n) is 9.34. The number of aromatic nitrogens is 3. The number of hydrogen-bond acceptors (Lipinski definition) is 14. The van der Waals surface area contributed by atoms with Crippen LogP contribution in [-0.2, 0) is 56.1 Å². The van der Waals surface area contributed by atoms with Crippen molar-refractivity contribution in [3.8, 4) is 5.75 Å². The van der Waals surface area contributed by atoms with Gasteiger partial charge in [-0.05, 0) is 25.0 Å². The second-order valence-corrected chi connectivity index (χ2v) is 9.53. The zero-order valence-corrected chi connectivity index (χ0v) is 24.4. The molecule has 2 heterocycles. The van der Waals surface area contributed by atoms with E-state index in [4.69, 9.17) is 23.7 Å². The lowest BCUT2D eigenvalue weighted by Gasteiger charge is -2.45. The summed E-state index contributed by atoms with van der Waals surface area (Å²) in [5.74, 6) is -1.58. The van der Waals surface area contributed by atoms with Crippen LogP contribution in [0.3, 0.4) is 0 Å². The fourth-order valence-electron chi connectivity index (χ4n) is 4.27. The van der Waals surface area contributed by atoms with Crippen molar-refractivity contribution in [1.29, 1.82) is 0 Å². The molecule has 0 aliphatic carbocycles. The van der Waals surface area contributed by atoms with Crippen molar-refractivity contribution in [2.24, 2.45) is 0 Å². The van der Waals surface area contributed by atoms with Gasteiger partial charge in [0.2, 0.25) is 5.91 Å². The van der Waals surface area contributed by atoms with Gasteiger partial charge in [-0.3, -0.25) is 19.2 Å². The van der Waals surface area contributed by atoms with Crippen molar-refractivity contribution in [3.63, 3.8) is 0 Å². The Bertz CT molecular complexity index is 1180. The number of benzene rings is 1. The van der Waals surface area contributed by atoms with Gasteiger partial charge in [-0.25, -0.2) is 4.68 Å². The van der Waals surface area contributed by atoms with Gasteiger partial charge in [0.25, 0.3) is 0 Å². The predicted octanol–water partition coefficient (Wildman–Crippen LogP) is 1.03. The average molecular weight is 610 g/mol. The smallest absolute Gasteiger partial charge is 0.325 e. The molecule has 1 aromatic heterocycles. The van der Waals surface area contributed by atoms with Crippen LogP contribution in [0.25, 0.3) is 0 Å². The van der Waals surface area contributed by atoms with Crippen LogP contribution in [0.5, 0.6) is 5.75 Å². The van der Waals surface area contributed by atoms with Gasteiger partial charge in [0.05, 0.1) is 12.7 Å². The van der Waals surface area contributed by atoms with Gasteiger partial charge >= 0.3 is 17.9 Å². The van der Waals surface area contributed by atoms with Crippen molar-refractivity contribution in [2.75, 3.05) is 6.61 Å². The minimum absolute atomic E-state index is 0.0310. The van der Waals surface area contributed by atoms with E-state index >= 15 is 0 Å². The normalized spacial score (nSPS) is 21.7. The molecule has 42 heavy (non-hydrogen) atoms. The lowest BCUT2D eigenvalue weighted by molar-refractivity contribution is -0.274. The summed E-state index contributed by atoms with van der Waals surface area (Å²) in [6.45, 7) is 4.01. The van der Waals surface area contributed by atoms with Gasteiger partial charge in [0, 0.05) is 33.8 Å². The number of unbranched alkanes of at least 4 members (excludes halogenated alkanes) is 1. The fraction of sp³-hybridized carbons (Fsp3) is 0.538. The van der Waals surface area contributed by atoms with Gasteiger partial charge < -0.3 is 33.8 Å². The van der Waals surface area contributed by atoms with Gasteiger partial charge in [0.15, 0.2) is 18.5 Å². The van der Waals surface area contributed by atoms with E-state index in [1.165, 1.54) is 25.5 Å². The van der Waals surface area contributed by atoms with E-state index in [0.29, 0.717) is 24.3 Å². The van der Waals surface area contributed by atoms with Gasteiger partial charge in [0.1, 0.15) is 30.2 Å². The molecule has 15 nitrogen and oxygen atoms in total. The van der Waals surface area contributed by atoms with Crippen LogP contribution in [0.1, 0.15) is 45.7 Å². The van der Waals surface area contributed by atoms with Crippen LogP contribution in [0.2, 0.25) is 0 Å². The third-order valence-corrected chi connectivity index (χ3v) is 6.01. The van der Waals surface area contributed by atoms with E-state index in [-0.39, 0.29) is 26.2 Å². The van der Waals surface area contributed by atoms with Gasteiger partial charge in [-0.2, -0.15) is 0 Å². The molecule has 1 amide bonds. The number of nitrogens with one attached hydrogen (secondary N) is 2. The molecule has 0 bridgehead atoms. The first kappa shape index (κ1) is 32.8. The number of carbonyl (C=O) groups is 4. The van der Waals surface area contributed by atoms with Crippen LogP contribution in [0.4, 0.5) is 0 Å². The Morgan fingerprint density at radius 1 is 1.02 bits per heavy atom. The molecule has 230 valence electrons. The van der Waals surface area contributed by atoms with E-state index < -0.39 is 54.5 Å². The monoisotopic (exact) mass is 609 g/mol. The van der Waals surface area contributed by atoms with Crippen LogP contribution in [-0.4, -0.2) is 76.1 Å². The molecule has 2 N–H and O–H groups in total. The van der Waals surface area contributed by atoms with E-state index in [2.05, 4.69) is 33.3 Å². The molecule has 1 aliphatic rings. The van der Waals surface area contributed by atoms with E-state index in [0.717, 1.165) is 0 Å². The molecule has 0 radical (unpaired) electrons. The van der Waals surface area contributed by atoms with E-state index in [1.54, 1.807) is 6.20 Å². The lowest BCUT2D eigenvalue weighted by atomic mass is 9.95. The number of nitrogens with zero attached hydrogens (tertiary/aromatic N) is 3. The van der Waals surface area contributed by atoms with Crippen LogP contribution in [0.15, 0.2) is 36.5 Å². The molecular formula is C26H35N5O10S. The first-order valence-electron chi connectivity index (χ1n) is 13.2. The molecular weight excluding hydrogens is 574 g/mol. The molecule has 1 aromatic carbocycles. The van der Waals surface area contributed by atoms with Gasteiger partial charge in [-0.15, -0.1) is 5.10 Å². The highest BCUT2D eigenvalue weighted by Gasteiger charge is 2.51. The predicted molar refractivity (Wildman–Crippen MR) is 146 cm³/mol. The number of esters is 2. The Morgan fingerprint density at radius 3 is 2.40 bits per heavy atom. The van der Waals surface area contributed by atoms with Gasteiger partial charge in [-0.1, -0.05) is 41.1 Å². The van der Waals surface area contributed by atoms with E-state index in [1.807, 2.05) is 35.2 Å². The van der Waals surface area contributed by atoms with Crippen molar-refractivity contribution < 1.29 is 47.7 Å². The zero-order chi connectivity index (χ0) is 30.5. The topological polar surface area (TPSA) is 178 Å². The summed E-state index contributed by atoms with van der Waals surface area (Å²) >= 11 is 3.61. The number of ether oxygens (including phenoxy) is 5. The van der Waals surface area contributed by atoms with Crippen molar-refractivity contribution in [3.05, 3.63) is 42.2 Å². The highest BCUT2D eigenvalue weighted by atomic mass is 32.1. The first-order valence-corrected chi connectivity index (χ1v) is 13.6. The zero-order valence-electron chi connectivity index (χ0n) is 23.5. The number of rotatable bonds is 15. The molecule has 3 rings (SSSR count). The number of amides is 1. The minimum Gasteiger partial charge on any atom is -0.487 e. The summed E-state index contributed by atoms with van der Waals surface area (Å²) in [6.07, 6.45) is -1.66. The Balaban J connectivity index is 1.77. The van der Waals surface area contributed by atoms with Crippen LogP contribution >= 0.6 is 12.8 Å². The molecule has 16 heteroatoms. The summed E-state index contributed by atoms with van der Waals surface area (Å²) in [5, 5.41) is 10.9. The number of thiol groups is 1. The molecule has 5 atom stereocenters. The molecule has 2 unspecified atom stereocenters. The quantitative estimate of drug-likeness (QED) is 0.0858. The Labute approximate surface area is 248 Å². The third-order valence-electron chi connectivity index (χ3n) is 5.92. The Hall–Kier alpha value is -3.73. The van der Waals surface area contributed by atoms with Crippen LogP contribution < -0.4 is 14.9 Å². The molecule has 2 aromatic rings. The molecule has 0 spiro atoms. The Morgan fingerprint density at radius 2 is 1.74 bits per heavy atom. The lowest BCUT2D eigenvalue weighted by Crippen LogP contribution is -2.66. The standard InChI is InChI=1S/C26H35N5O10S/c1-16(32)27-23-25(39-18(3)34)24(38-17(2)33)21(40-26(23)36-12-8-7-11-22(35)41-30-42)14-31-13-19(28-29-31)15-37-20-9-5-4-6-10-20/h4-6,9-10,13,21,23-26,30,42H,7-8,11-12,14-15H2,1-3H3,(H,27,32)/t21?,23-,24-,25?,26+/m0/s1. The maximum Gasteiger partial charge on any atom is 0.325 e. The average Bonchev–Trinajstić information content (AvgIpc) is 3.38. The SMILES string of the molecule is CC(=O)N[C@H]1C(OC(C)=O)[C@@H](OC(C)=O)C(Cn2cc(COc3ccccc3)nn2)O[C@H]1OCCCCC(=O)ONS. The maximum absolute atomic E-state index is 12.1. The van der Waals surface area contributed by atoms with E-state index in [9.17, 15) is 19.2 Å². The summed E-state index contributed by atoms with van der Waals surface area (Å²) in [4.78, 5) is 54.4. The largest absolute Gasteiger partial charge is 0.487 e. The third kappa shape index (κ3) is 10.6. The van der Waals surface area contributed by atoms with Crippen molar-refractivity contribution in [1.82, 2.24) is 25.2 Å². The molecule has 1 aliphatic heterocycles. The molecule has 1 fully saturated rings. The maximum atomic E-state index is 12.1. The number of para-hydroxylation sites is 1. The Kier molecular flexibility index (Phi) is 13.0. The number of hydrogen-bond donors (Lipinski definition) is 3. The highest BCUT2D eigenvalue weighted by molar-refractivity contribution is 7.77. The first-order chi connectivity index (χ1) is 20.2. The summed E-state index contributed by atoms with van der Waals surface area (Å²) in [5.41, 5.74) is 0.533. The summed E-state index contributed by atoms with van der Waals surface area (Å²) < 4.78 is 30.5. The molecule has 1 saturated heterocycles.